The van der Waals surface area contributed by atoms with Crippen LogP contribution in [0.1, 0.15) is 17.2 Å². The van der Waals surface area contributed by atoms with Crippen molar-refractivity contribution in [3.05, 3.63) is 70.9 Å². The van der Waals surface area contributed by atoms with Crippen LogP contribution in [0, 0.1) is 12.1 Å². The van der Waals surface area contributed by atoms with Crippen molar-refractivity contribution >= 4 is 21.7 Å². The second kappa shape index (κ2) is 8.19. The van der Waals surface area contributed by atoms with Crippen molar-refractivity contribution in [1.29, 1.82) is 0 Å². The molecule has 0 saturated carbocycles. The number of nitrogens with zero attached hydrogens (tertiary/aromatic N) is 1. The number of esters is 1. The molecule has 0 aliphatic carbocycles. The van der Waals surface area contributed by atoms with Crippen LogP contribution < -0.4 is 4.72 Å². The Balaban J connectivity index is 1.97. The van der Waals surface area contributed by atoms with E-state index in [2.05, 4.69) is 9.46 Å². The highest BCUT2D eigenvalue weighted by atomic mass is 32.2. The van der Waals surface area contributed by atoms with Crippen LogP contribution in [0.3, 0.4) is 0 Å². The predicted molar refractivity (Wildman–Crippen MR) is 102 cm³/mol. The highest BCUT2D eigenvalue weighted by Gasteiger charge is 2.48. The molecule has 0 spiro atoms. The van der Waals surface area contributed by atoms with E-state index < -0.39 is 40.0 Å². The summed E-state index contributed by atoms with van der Waals surface area (Å²) in [7, 11) is -2.98. The summed E-state index contributed by atoms with van der Waals surface area (Å²) in [5.74, 6) is -1.07. The molecule has 3 rings (SSSR count). The SMILES string of the molecule is COC(=O)C1=[N+]([O-])O[C@@H]([C@H](NS(=O)(=O)c2ccc(C)cc2)c2ccccc2)C1O. The largest absolute Gasteiger partial charge is 0.461 e. The standard InChI is InChI=1S/C19H20N2O7S/c1-12-8-10-14(11-9-12)29(25,26)20-15(13-6-4-3-5-7-13)18-17(22)16(19(23)27-2)21(24)28-18/h3-11,15,17-18,20,22H,1-2H3/t15-,17?,18+/m1/s1. The van der Waals surface area contributed by atoms with Gasteiger partial charge in [0, 0.05) is 0 Å². The van der Waals surface area contributed by atoms with E-state index in [1.165, 1.54) is 12.1 Å². The van der Waals surface area contributed by atoms with Gasteiger partial charge < -0.3 is 14.7 Å². The molecule has 0 bridgehead atoms. The van der Waals surface area contributed by atoms with Crippen molar-refractivity contribution in [2.45, 2.75) is 30.1 Å². The quantitative estimate of drug-likeness (QED) is 0.523. The van der Waals surface area contributed by atoms with Gasteiger partial charge in [0.1, 0.15) is 6.10 Å². The van der Waals surface area contributed by atoms with Gasteiger partial charge in [-0.25, -0.2) is 17.9 Å². The van der Waals surface area contributed by atoms with Gasteiger partial charge in [0.25, 0.3) is 0 Å². The van der Waals surface area contributed by atoms with Crippen LogP contribution in [0.5, 0.6) is 0 Å². The molecular weight excluding hydrogens is 400 g/mol. The van der Waals surface area contributed by atoms with E-state index in [1.807, 2.05) is 6.92 Å². The molecule has 9 nitrogen and oxygen atoms in total. The first-order valence-corrected chi connectivity index (χ1v) is 10.1. The zero-order chi connectivity index (χ0) is 21.2. The summed E-state index contributed by atoms with van der Waals surface area (Å²) >= 11 is 0. The highest BCUT2D eigenvalue weighted by molar-refractivity contribution is 7.89. The number of ether oxygens (including phenoxy) is 1. The van der Waals surface area contributed by atoms with Crippen LogP contribution in [-0.2, 0) is 24.4 Å². The van der Waals surface area contributed by atoms with Crippen molar-refractivity contribution in [2.75, 3.05) is 7.11 Å². The third-order valence-electron chi connectivity index (χ3n) is 4.50. The van der Waals surface area contributed by atoms with E-state index >= 15 is 0 Å². The Hall–Kier alpha value is -2.95. The third-order valence-corrected chi connectivity index (χ3v) is 5.96. The normalized spacial score (nSPS) is 20.2. The topological polar surface area (TPSA) is 128 Å². The maximum Gasteiger partial charge on any atom is 0.407 e. The molecule has 154 valence electrons. The molecule has 29 heavy (non-hydrogen) atoms. The number of carbonyl (C=O) groups is 1. The summed E-state index contributed by atoms with van der Waals surface area (Å²) in [5.41, 5.74) is 0.664. The summed E-state index contributed by atoms with van der Waals surface area (Å²) in [5, 5.41) is 22.5. The fraction of sp³-hybridized carbons (Fsp3) is 0.263. The summed E-state index contributed by atoms with van der Waals surface area (Å²) in [4.78, 5) is 16.8. The van der Waals surface area contributed by atoms with Gasteiger partial charge in [-0.2, -0.15) is 0 Å². The van der Waals surface area contributed by atoms with Crippen LogP contribution in [0.15, 0.2) is 59.5 Å². The van der Waals surface area contributed by atoms with Crippen molar-refractivity contribution in [1.82, 2.24) is 4.72 Å². The third kappa shape index (κ3) is 4.24. The Morgan fingerprint density at radius 3 is 2.41 bits per heavy atom. The molecule has 0 fully saturated rings. The van der Waals surface area contributed by atoms with E-state index in [-0.39, 0.29) is 9.80 Å². The fourth-order valence-electron chi connectivity index (χ4n) is 2.97. The monoisotopic (exact) mass is 420 g/mol. The summed E-state index contributed by atoms with van der Waals surface area (Å²) in [6.07, 6.45) is -3.09. The number of rotatable bonds is 6. The number of methoxy groups -OCH3 is 1. The van der Waals surface area contributed by atoms with E-state index in [1.54, 1.807) is 42.5 Å². The predicted octanol–water partition coefficient (Wildman–Crippen LogP) is 0.814. The zero-order valence-electron chi connectivity index (χ0n) is 15.7. The van der Waals surface area contributed by atoms with Crippen molar-refractivity contribution < 1.29 is 32.8 Å². The minimum atomic E-state index is -4.03. The van der Waals surface area contributed by atoms with Crippen LogP contribution >= 0.6 is 0 Å². The number of benzene rings is 2. The minimum absolute atomic E-state index is 0.00710. The van der Waals surface area contributed by atoms with E-state index in [0.29, 0.717) is 5.56 Å². The minimum Gasteiger partial charge on any atom is -0.461 e. The molecule has 10 heteroatoms. The van der Waals surface area contributed by atoms with E-state index in [4.69, 9.17) is 4.84 Å². The number of aliphatic hydroxyl groups excluding tert-OH is 1. The molecule has 1 heterocycles. The zero-order valence-corrected chi connectivity index (χ0v) is 16.5. The molecular formula is C19H20N2O7S. The number of nitrogens with one attached hydrogen (secondary N) is 1. The van der Waals surface area contributed by atoms with Gasteiger partial charge in [-0.05, 0) is 24.6 Å². The number of aliphatic hydroxyl groups is 1. The lowest BCUT2D eigenvalue weighted by molar-refractivity contribution is -0.741. The first kappa shape index (κ1) is 20.8. The molecule has 0 saturated heterocycles. The van der Waals surface area contributed by atoms with Crippen LogP contribution in [0.4, 0.5) is 0 Å². The second-order valence-electron chi connectivity index (χ2n) is 6.47. The number of aryl methyl sites for hydroxylation is 1. The number of hydrogen-bond donors (Lipinski definition) is 2. The van der Waals surface area contributed by atoms with Crippen molar-refractivity contribution in [3.63, 3.8) is 0 Å². The Kier molecular flexibility index (Phi) is 5.87. The van der Waals surface area contributed by atoms with Crippen molar-refractivity contribution in [2.24, 2.45) is 0 Å². The first-order valence-electron chi connectivity index (χ1n) is 8.66. The Morgan fingerprint density at radius 2 is 1.83 bits per heavy atom. The fourth-order valence-corrected chi connectivity index (χ4v) is 4.20. The maximum atomic E-state index is 12.9. The van der Waals surface area contributed by atoms with Gasteiger partial charge in [0.15, 0.2) is 6.10 Å². The molecule has 0 amide bonds. The Morgan fingerprint density at radius 1 is 1.21 bits per heavy atom. The van der Waals surface area contributed by atoms with Crippen molar-refractivity contribution in [3.8, 4) is 0 Å². The lowest BCUT2D eigenvalue weighted by Gasteiger charge is -2.27. The summed E-state index contributed by atoms with van der Waals surface area (Å²) in [6, 6.07) is 13.3. The average molecular weight is 420 g/mol. The van der Waals surface area contributed by atoms with Gasteiger partial charge in [-0.15, -0.1) is 0 Å². The Bertz CT molecular complexity index is 1020. The van der Waals surface area contributed by atoms with Gasteiger partial charge in [-0.1, -0.05) is 48.0 Å². The highest BCUT2D eigenvalue weighted by Crippen LogP contribution is 2.28. The smallest absolute Gasteiger partial charge is 0.407 e. The summed E-state index contributed by atoms with van der Waals surface area (Å²) < 4.78 is 32.8. The van der Waals surface area contributed by atoms with Gasteiger partial charge in [0.05, 0.1) is 22.9 Å². The van der Waals surface area contributed by atoms with Crippen LogP contribution in [-0.4, -0.2) is 49.4 Å². The average Bonchev–Trinajstić information content (AvgIpc) is 3.00. The van der Waals surface area contributed by atoms with Crippen LogP contribution in [0.25, 0.3) is 0 Å². The molecule has 2 N–H and O–H groups in total. The maximum absolute atomic E-state index is 12.9. The molecule has 2 aromatic carbocycles. The van der Waals surface area contributed by atoms with E-state index in [9.17, 15) is 23.5 Å². The second-order valence-corrected chi connectivity index (χ2v) is 8.19. The number of sulfonamides is 1. The van der Waals surface area contributed by atoms with Gasteiger partial charge in [-0.3, -0.25) is 5.21 Å². The number of carbonyl (C=O) groups excluding carboxylic acids is 1. The molecule has 2 aromatic rings. The molecule has 0 aromatic heterocycles. The Labute approximate surface area is 167 Å². The van der Waals surface area contributed by atoms with Gasteiger partial charge >= 0.3 is 11.7 Å². The lowest BCUT2D eigenvalue weighted by Crippen LogP contribution is -2.44. The molecule has 1 aliphatic rings. The lowest BCUT2D eigenvalue weighted by atomic mass is 9.96. The molecule has 3 atom stereocenters. The molecule has 1 unspecified atom stereocenters. The molecule has 1 aliphatic heterocycles. The number of hydrogen-bond acceptors (Lipinski definition) is 7. The van der Waals surface area contributed by atoms with E-state index in [0.717, 1.165) is 12.7 Å². The van der Waals surface area contributed by atoms with Crippen LogP contribution in [0.2, 0.25) is 0 Å². The van der Waals surface area contributed by atoms with Gasteiger partial charge in [0.2, 0.25) is 10.0 Å². The first-order chi connectivity index (χ1) is 13.7. The molecule has 0 radical (unpaired) electrons. The summed E-state index contributed by atoms with van der Waals surface area (Å²) in [6.45, 7) is 1.83.